The first-order valence-electron chi connectivity index (χ1n) is 7.06. The summed E-state index contributed by atoms with van der Waals surface area (Å²) in [5.41, 5.74) is 1.29. The molecule has 2 aromatic rings. The first-order valence-corrected chi connectivity index (χ1v) is 7.94. The van der Waals surface area contributed by atoms with Crippen molar-refractivity contribution in [3.63, 3.8) is 0 Å². The molecule has 0 bridgehead atoms. The minimum Gasteiger partial charge on any atom is -0.494 e. The van der Waals surface area contributed by atoms with Crippen LogP contribution < -0.4 is 4.74 Å². The van der Waals surface area contributed by atoms with E-state index in [4.69, 9.17) is 9.47 Å². The van der Waals surface area contributed by atoms with Crippen LogP contribution in [0.25, 0.3) is 0 Å². The molecule has 112 valence electrons. The van der Waals surface area contributed by atoms with Crippen LogP contribution in [0.1, 0.15) is 41.3 Å². The lowest BCUT2D eigenvalue weighted by atomic mass is 10.2. The van der Waals surface area contributed by atoms with E-state index >= 15 is 0 Å². The van der Waals surface area contributed by atoms with Crippen LogP contribution in [0.2, 0.25) is 0 Å². The van der Waals surface area contributed by atoms with Gasteiger partial charge in [0.05, 0.1) is 22.9 Å². The summed E-state index contributed by atoms with van der Waals surface area (Å²) in [6.07, 6.45) is 1.83. The van der Waals surface area contributed by atoms with Gasteiger partial charge in [0.15, 0.2) is 0 Å². The zero-order valence-electron chi connectivity index (χ0n) is 12.3. The average Bonchev–Trinajstić information content (AvgIpc) is 2.99. The number of thiazole rings is 1. The van der Waals surface area contributed by atoms with Crippen molar-refractivity contribution in [2.24, 2.45) is 0 Å². The third-order valence-corrected chi connectivity index (χ3v) is 3.84. The number of nitrogens with zero attached hydrogens (tertiary/aromatic N) is 1. The molecular weight excluding hydrogens is 286 g/mol. The summed E-state index contributed by atoms with van der Waals surface area (Å²) < 4.78 is 10.8. The Bertz CT molecular complexity index is 595. The molecule has 4 nitrogen and oxygen atoms in total. The van der Waals surface area contributed by atoms with E-state index in [-0.39, 0.29) is 12.6 Å². The Balaban J connectivity index is 1.93. The van der Waals surface area contributed by atoms with E-state index in [2.05, 4.69) is 11.9 Å². The molecule has 1 aromatic carbocycles. The van der Waals surface area contributed by atoms with Gasteiger partial charge < -0.3 is 9.47 Å². The summed E-state index contributed by atoms with van der Waals surface area (Å²) in [6, 6.07) is 7.05. The predicted octanol–water partition coefficient (Wildman–Crippen LogP) is 3.85. The molecule has 2 rings (SSSR count). The summed E-state index contributed by atoms with van der Waals surface area (Å²) in [5.74, 6) is 0.330. The molecule has 0 spiro atoms. The minimum absolute atomic E-state index is 0.204. The van der Waals surface area contributed by atoms with Gasteiger partial charge in [-0.3, -0.25) is 0 Å². The maximum Gasteiger partial charge on any atom is 0.338 e. The SMILES string of the molecule is CCCOc1cccc(C(=O)OCc2csc(CC)n2)c1. The topological polar surface area (TPSA) is 48.4 Å². The molecule has 0 saturated carbocycles. The van der Waals surface area contributed by atoms with Crippen LogP contribution in [0.3, 0.4) is 0 Å². The molecule has 0 aliphatic carbocycles. The van der Waals surface area contributed by atoms with Gasteiger partial charge in [0, 0.05) is 5.38 Å². The van der Waals surface area contributed by atoms with Crippen molar-refractivity contribution >= 4 is 17.3 Å². The third-order valence-electron chi connectivity index (χ3n) is 2.80. The summed E-state index contributed by atoms with van der Waals surface area (Å²) in [6.45, 7) is 4.93. The van der Waals surface area contributed by atoms with Crippen molar-refractivity contribution in [1.29, 1.82) is 0 Å². The largest absolute Gasteiger partial charge is 0.494 e. The smallest absolute Gasteiger partial charge is 0.338 e. The van der Waals surface area contributed by atoms with Gasteiger partial charge in [0.1, 0.15) is 12.4 Å². The quantitative estimate of drug-likeness (QED) is 0.729. The molecule has 0 aliphatic rings. The van der Waals surface area contributed by atoms with E-state index < -0.39 is 0 Å². The van der Waals surface area contributed by atoms with Gasteiger partial charge in [-0.1, -0.05) is 19.9 Å². The van der Waals surface area contributed by atoms with Gasteiger partial charge in [-0.25, -0.2) is 9.78 Å². The Morgan fingerprint density at radius 2 is 2.19 bits per heavy atom. The van der Waals surface area contributed by atoms with Crippen LogP contribution in [0.15, 0.2) is 29.6 Å². The molecule has 0 radical (unpaired) electrons. The van der Waals surface area contributed by atoms with E-state index in [1.54, 1.807) is 29.5 Å². The van der Waals surface area contributed by atoms with Crippen molar-refractivity contribution in [3.05, 3.63) is 45.9 Å². The molecule has 1 heterocycles. The van der Waals surface area contributed by atoms with Crippen LogP contribution in [-0.4, -0.2) is 17.6 Å². The fourth-order valence-electron chi connectivity index (χ4n) is 1.73. The molecule has 0 amide bonds. The van der Waals surface area contributed by atoms with E-state index in [9.17, 15) is 4.79 Å². The molecule has 0 aliphatic heterocycles. The second-order valence-electron chi connectivity index (χ2n) is 4.54. The van der Waals surface area contributed by atoms with Crippen molar-refractivity contribution in [2.75, 3.05) is 6.61 Å². The van der Waals surface area contributed by atoms with Gasteiger partial charge in [0.2, 0.25) is 0 Å². The highest BCUT2D eigenvalue weighted by molar-refractivity contribution is 7.09. The average molecular weight is 305 g/mol. The van der Waals surface area contributed by atoms with Crippen molar-refractivity contribution in [2.45, 2.75) is 33.3 Å². The molecular formula is C16H19NO3S. The first-order chi connectivity index (χ1) is 10.2. The fourth-order valence-corrected chi connectivity index (χ4v) is 2.46. The van der Waals surface area contributed by atoms with Crippen molar-refractivity contribution in [1.82, 2.24) is 4.98 Å². The van der Waals surface area contributed by atoms with Gasteiger partial charge >= 0.3 is 5.97 Å². The second kappa shape index (κ2) is 7.78. The molecule has 1 aromatic heterocycles. The lowest BCUT2D eigenvalue weighted by molar-refractivity contribution is 0.0467. The molecule has 5 heteroatoms. The molecule has 21 heavy (non-hydrogen) atoms. The highest BCUT2D eigenvalue weighted by atomic mass is 32.1. The monoisotopic (exact) mass is 305 g/mol. The summed E-state index contributed by atoms with van der Waals surface area (Å²) in [5, 5.41) is 2.98. The van der Waals surface area contributed by atoms with E-state index in [0.717, 1.165) is 23.5 Å². The second-order valence-corrected chi connectivity index (χ2v) is 5.48. The number of carbonyl (C=O) groups excluding carboxylic acids is 1. The number of hydrogen-bond acceptors (Lipinski definition) is 5. The number of carbonyl (C=O) groups is 1. The number of ether oxygens (including phenoxy) is 2. The summed E-state index contributed by atoms with van der Waals surface area (Å²) >= 11 is 1.59. The number of aryl methyl sites for hydroxylation is 1. The van der Waals surface area contributed by atoms with Crippen LogP contribution >= 0.6 is 11.3 Å². The molecule has 0 saturated heterocycles. The highest BCUT2D eigenvalue weighted by Gasteiger charge is 2.10. The Morgan fingerprint density at radius 3 is 2.90 bits per heavy atom. The number of rotatable bonds is 7. The Hall–Kier alpha value is -1.88. The van der Waals surface area contributed by atoms with Crippen LogP contribution in [0.4, 0.5) is 0 Å². The lowest BCUT2D eigenvalue weighted by Gasteiger charge is -2.07. The number of aromatic nitrogens is 1. The number of hydrogen-bond donors (Lipinski definition) is 0. The van der Waals surface area contributed by atoms with Crippen LogP contribution in [0.5, 0.6) is 5.75 Å². The maximum absolute atomic E-state index is 12.0. The Kier molecular flexibility index (Phi) is 5.75. The fraction of sp³-hybridized carbons (Fsp3) is 0.375. The number of esters is 1. The predicted molar refractivity (Wildman–Crippen MR) is 82.8 cm³/mol. The van der Waals surface area contributed by atoms with E-state index in [1.165, 1.54) is 0 Å². The maximum atomic E-state index is 12.0. The summed E-state index contributed by atoms with van der Waals surface area (Å²) in [4.78, 5) is 16.4. The minimum atomic E-state index is -0.358. The van der Waals surface area contributed by atoms with Gasteiger partial charge in [-0.2, -0.15) is 0 Å². The first kappa shape index (κ1) is 15.5. The highest BCUT2D eigenvalue weighted by Crippen LogP contribution is 2.16. The normalized spacial score (nSPS) is 10.4. The standard InChI is InChI=1S/C16H19NO3S/c1-3-8-19-14-7-5-6-12(9-14)16(18)20-10-13-11-21-15(4-2)17-13/h5-7,9,11H,3-4,8,10H2,1-2H3. The van der Waals surface area contributed by atoms with Gasteiger partial charge in [-0.05, 0) is 31.0 Å². The lowest BCUT2D eigenvalue weighted by Crippen LogP contribution is -2.06. The zero-order valence-corrected chi connectivity index (χ0v) is 13.1. The molecule has 0 N–H and O–H groups in total. The van der Waals surface area contributed by atoms with Crippen molar-refractivity contribution in [3.8, 4) is 5.75 Å². The van der Waals surface area contributed by atoms with Gasteiger partial charge in [0.25, 0.3) is 0 Å². The van der Waals surface area contributed by atoms with Crippen LogP contribution in [0, 0.1) is 0 Å². The Labute approximate surface area is 128 Å². The zero-order chi connectivity index (χ0) is 15.1. The molecule has 0 fully saturated rings. The third kappa shape index (κ3) is 4.56. The van der Waals surface area contributed by atoms with E-state index in [1.807, 2.05) is 18.4 Å². The van der Waals surface area contributed by atoms with Crippen molar-refractivity contribution < 1.29 is 14.3 Å². The Morgan fingerprint density at radius 1 is 1.33 bits per heavy atom. The van der Waals surface area contributed by atoms with Gasteiger partial charge in [-0.15, -0.1) is 11.3 Å². The molecule has 0 unspecified atom stereocenters. The number of benzene rings is 1. The molecule has 0 atom stereocenters. The summed E-state index contributed by atoms with van der Waals surface area (Å²) in [7, 11) is 0. The van der Waals surface area contributed by atoms with Crippen LogP contribution in [-0.2, 0) is 17.8 Å². The van der Waals surface area contributed by atoms with E-state index in [0.29, 0.717) is 17.9 Å².